The lowest BCUT2D eigenvalue weighted by Gasteiger charge is -1.98. The minimum Gasteiger partial charge on any atom is -0.478 e. The fourth-order valence-corrected chi connectivity index (χ4v) is 1.03. The van der Waals surface area contributed by atoms with E-state index in [1.54, 1.807) is 0 Å². The predicted molar refractivity (Wildman–Crippen MR) is 70.1 cm³/mol. The van der Waals surface area contributed by atoms with Crippen LogP contribution in [-0.4, -0.2) is 22.2 Å². The fourth-order valence-electron chi connectivity index (χ4n) is 1.03. The summed E-state index contributed by atoms with van der Waals surface area (Å²) < 4.78 is 0. The molecule has 0 unspecified atom stereocenters. The summed E-state index contributed by atoms with van der Waals surface area (Å²) >= 11 is 0. The number of allylic oxidation sites excluding steroid dienone is 7. The molecule has 0 aromatic carbocycles. The van der Waals surface area contributed by atoms with Crippen LogP contribution in [0.15, 0.2) is 59.8 Å². The summed E-state index contributed by atoms with van der Waals surface area (Å²) in [5, 5.41) is 26.3. The quantitative estimate of drug-likeness (QED) is 0.433. The van der Waals surface area contributed by atoms with E-state index >= 15 is 0 Å². The molecule has 19 heavy (non-hydrogen) atoms. The number of nitriles is 1. The maximum Gasteiger partial charge on any atom is 0.331 e. The van der Waals surface area contributed by atoms with Crippen LogP contribution in [0.4, 0.5) is 0 Å². The first-order valence-corrected chi connectivity index (χ1v) is 5.18. The second kappa shape index (κ2) is 8.25. The molecule has 0 bridgehead atoms. The third-order valence-electron chi connectivity index (χ3n) is 1.95. The molecule has 0 radical (unpaired) electrons. The summed E-state index contributed by atoms with van der Waals surface area (Å²) in [6, 6.07) is 1.83. The Balaban J connectivity index is 5.78. The zero-order valence-electron chi connectivity index (χ0n) is 10.3. The Morgan fingerprint density at radius 3 is 2.26 bits per heavy atom. The van der Waals surface area contributed by atoms with Gasteiger partial charge in [-0.1, -0.05) is 24.8 Å². The minimum atomic E-state index is -1.17. The van der Waals surface area contributed by atoms with Crippen LogP contribution in [0.3, 0.4) is 0 Å². The van der Waals surface area contributed by atoms with Gasteiger partial charge in [-0.15, -0.1) is 0 Å². The molecule has 0 spiro atoms. The SMILES string of the molecule is C=CC=CC(C=CC(=O)O)=C(C#N)C=C(C)C(=O)O. The lowest BCUT2D eigenvalue weighted by molar-refractivity contribution is -0.133. The van der Waals surface area contributed by atoms with Crippen LogP contribution in [-0.2, 0) is 9.59 Å². The van der Waals surface area contributed by atoms with Crippen molar-refractivity contribution in [1.29, 1.82) is 5.26 Å². The monoisotopic (exact) mass is 259 g/mol. The van der Waals surface area contributed by atoms with Crippen molar-refractivity contribution in [1.82, 2.24) is 0 Å². The van der Waals surface area contributed by atoms with Gasteiger partial charge in [0.05, 0.1) is 11.6 Å². The number of carboxylic acid groups (broad SMARTS) is 2. The van der Waals surface area contributed by atoms with E-state index in [1.165, 1.54) is 37.3 Å². The van der Waals surface area contributed by atoms with Crippen molar-refractivity contribution in [3.05, 3.63) is 59.8 Å². The summed E-state index contributed by atoms with van der Waals surface area (Å²) in [5.74, 6) is -2.32. The Morgan fingerprint density at radius 2 is 1.84 bits per heavy atom. The molecule has 2 N–H and O–H groups in total. The molecule has 0 saturated carbocycles. The van der Waals surface area contributed by atoms with Gasteiger partial charge in [0.2, 0.25) is 0 Å². The van der Waals surface area contributed by atoms with Gasteiger partial charge in [0, 0.05) is 11.6 Å². The van der Waals surface area contributed by atoms with E-state index < -0.39 is 11.9 Å². The summed E-state index contributed by atoms with van der Waals surface area (Å²) in [6.45, 7) is 4.80. The van der Waals surface area contributed by atoms with E-state index in [9.17, 15) is 9.59 Å². The molecule has 0 atom stereocenters. The van der Waals surface area contributed by atoms with Gasteiger partial charge in [0.25, 0.3) is 0 Å². The van der Waals surface area contributed by atoms with Gasteiger partial charge < -0.3 is 10.2 Å². The number of carbonyl (C=O) groups is 2. The number of aliphatic carboxylic acids is 2. The second-order valence-corrected chi connectivity index (χ2v) is 3.38. The van der Waals surface area contributed by atoms with E-state index in [2.05, 4.69) is 6.58 Å². The van der Waals surface area contributed by atoms with Gasteiger partial charge in [-0.05, 0) is 24.6 Å². The zero-order chi connectivity index (χ0) is 14.8. The van der Waals surface area contributed by atoms with E-state index in [0.29, 0.717) is 0 Å². The van der Waals surface area contributed by atoms with Gasteiger partial charge >= 0.3 is 11.9 Å². The van der Waals surface area contributed by atoms with Crippen molar-refractivity contribution in [2.24, 2.45) is 0 Å². The molecule has 0 heterocycles. The molecular formula is C14H13NO4. The molecule has 0 saturated heterocycles. The summed E-state index contributed by atoms with van der Waals surface area (Å²) in [5.41, 5.74) is 0.311. The van der Waals surface area contributed by atoms with Gasteiger partial charge in [0.1, 0.15) is 0 Å². The first-order chi connectivity index (χ1) is 8.92. The van der Waals surface area contributed by atoms with E-state index in [1.807, 2.05) is 6.07 Å². The van der Waals surface area contributed by atoms with Gasteiger partial charge in [0.15, 0.2) is 0 Å². The fraction of sp³-hybridized carbons (Fsp3) is 0.0714. The first kappa shape index (κ1) is 16.1. The van der Waals surface area contributed by atoms with Crippen molar-refractivity contribution in [3.8, 4) is 6.07 Å². The number of hydrogen-bond donors (Lipinski definition) is 2. The minimum absolute atomic E-state index is 0.0234. The Bertz CT molecular complexity index is 542. The van der Waals surface area contributed by atoms with Crippen LogP contribution in [0.1, 0.15) is 6.92 Å². The number of carboxylic acids is 2. The molecule has 0 fully saturated rings. The number of rotatable bonds is 6. The topological polar surface area (TPSA) is 98.4 Å². The van der Waals surface area contributed by atoms with Gasteiger partial charge in [-0.3, -0.25) is 0 Å². The van der Waals surface area contributed by atoms with Crippen molar-refractivity contribution in [3.63, 3.8) is 0 Å². The molecule has 0 amide bonds. The Hall–Kier alpha value is -2.87. The van der Waals surface area contributed by atoms with Crippen molar-refractivity contribution >= 4 is 11.9 Å². The second-order valence-electron chi connectivity index (χ2n) is 3.38. The van der Waals surface area contributed by atoms with Crippen LogP contribution in [0, 0.1) is 11.3 Å². The molecule has 5 nitrogen and oxygen atoms in total. The average Bonchev–Trinajstić information content (AvgIpc) is 2.36. The summed E-state index contributed by atoms with van der Waals surface area (Å²) in [6.07, 6.45) is 7.70. The van der Waals surface area contributed by atoms with E-state index in [4.69, 9.17) is 15.5 Å². The molecule has 0 aliphatic rings. The smallest absolute Gasteiger partial charge is 0.331 e. The third-order valence-corrected chi connectivity index (χ3v) is 1.95. The number of nitrogens with zero attached hydrogens (tertiary/aromatic N) is 1. The van der Waals surface area contributed by atoms with Crippen molar-refractivity contribution in [2.45, 2.75) is 6.92 Å². The highest BCUT2D eigenvalue weighted by atomic mass is 16.4. The lowest BCUT2D eigenvalue weighted by Crippen LogP contribution is -1.97. The van der Waals surface area contributed by atoms with Gasteiger partial charge in [-0.25, -0.2) is 9.59 Å². The van der Waals surface area contributed by atoms with Crippen molar-refractivity contribution in [2.75, 3.05) is 0 Å². The largest absolute Gasteiger partial charge is 0.478 e. The molecule has 0 aromatic rings. The van der Waals surface area contributed by atoms with E-state index in [-0.39, 0.29) is 16.7 Å². The predicted octanol–water partition coefficient (Wildman–Crippen LogP) is 2.22. The first-order valence-electron chi connectivity index (χ1n) is 5.18. The molecule has 0 aliphatic heterocycles. The Morgan fingerprint density at radius 1 is 1.21 bits per heavy atom. The maximum absolute atomic E-state index is 10.7. The average molecular weight is 259 g/mol. The summed E-state index contributed by atoms with van der Waals surface area (Å²) in [4.78, 5) is 21.2. The highest BCUT2D eigenvalue weighted by Crippen LogP contribution is 2.12. The molecular weight excluding hydrogens is 246 g/mol. The third kappa shape index (κ3) is 6.44. The van der Waals surface area contributed by atoms with Gasteiger partial charge in [-0.2, -0.15) is 5.26 Å². The van der Waals surface area contributed by atoms with Crippen LogP contribution in [0.2, 0.25) is 0 Å². The Kier molecular flexibility index (Phi) is 7.01. The zero-order valence-corrected chi connectivity index (χ0v) is 10.3. The maximum atomic E-state index is 10.7. The normalized spacial score (nSPS) is 13.2. The van der Waals surface area contributed by atoms with E-state index in [0.717, 1.165) is 6.08 Å². The summed E-state index contributed by atoms with van der Waals surface area (Å²) in [7, 11) is 0. The Labute approximate surface area is 110 Å². The standard InChI is InChI=1S/C14H13NO4/c1-3-4-5-11(6-7-13(16)17)12(9-15)8-10(2)14(18)19/h3-8H,1H2,2H3,(H,16,17)(H,18,19). The van der Waals surface area contributed by atoms with Crippen LogP contribution in [0.25, 0.3) is 0 Å². The molecule has 98 valence electrons. The lowest BCUT2D eigenvalue weighted by atomic mass is 10.1. The van der Waals surface area contributed by atoms with Crippen LogP contribution < -0.4 is 0 Å². The molecule has 0 rings (SSSR count). The molecule has 0 aromatic heterocycles. The van der Waals surface area contributed by atoms with Crippen molar-refractivity contribution < 1.29 is 19.8 Å². The molecule has 5 heteroatoms. The highest BCUT2D eigenvalue weighted by Gasteiger charge is 2.04. The van der Waals surface area contributed by atoms with Crippen LogP contribution >= 0.6 is 0 Å². The number of hydrogen-bond acceptors (Lipinski definition) is 3. The molecule has 0 aliphatic carbocycles. The highest BCUT2D eigenvalue weighted by molar-refractivity contribution is 5.87. The van der Waals surface area contributed by atoms with Crippen LogP contribution in [0.5, 0.6) is 0 Å².